The Kier molecular flexibility index (Phi) is 5.04. The van der Waals surface area contributed by atoms with Crippen LogP contribution in [0.25, 0.3) is 21.8 Å². The molecule has 0 fully saturated rings. The van der Waals surface area contributed by atoms with Gasteiger partial charge in [-0.2, -0.15) is 0 Å². The summed E-state index contributed by atoms with van der Waals surface area (Å²) in [6, 6.07) is 16.3. The average Bonchev–Trinajstić information content (AvgIpc) is 3.12. The Morgan fingerprint density at radius 2 is 1.86 bits per heavy atom. The van der Waals surface area contributed by atoms with Crippen LogP contribution in [0.15, 0.2) is 65.7 Å². The molecular formula is C21H20N4O3S. The Labute approximate surface area is 168 Å². The summed E-state index contributed by atoms with van der Waals surface area (Å²) in [5.74, 6) is -0.308. The van der Waals surface area contributed by atoms with Gasteiger partial charge >= 0.3 is 0 Å². The molecular weight excluding hydrogens is 388 g/mol. The first-order valence-corrected chi connectivity index (χ1v) is 10.6. The summed E-state index contributed by atoms with van der Waals surface area (Å²) in [4.78, 5) is 19.6. The minimum absolute atomic E-state index is 0.178. The second-order valence-corrected chi connectivity index (χ2v) is 8.39. The third-order valence-corrected chi connectivity index (χ3v) is 6.25. The first kappa shape index (κ1) is 19.1. The Morgan fingerprint density at radius 3 is 2.62 bits per heavy atom. The van der Waals surface area contributed by atoms with Crippen molar-refractivity contribution in [2.24, 2.45) is 0 Å². The van der Waals surface area contributed by atoms with Crippen LogP contribution in [0.2, 0.25) is 0 Å². The second-order valence-electron chi connectivity index (χ2n) is 6.63. The highest BCUT2D eigenvalue weighted by Crippen LogP contribution is 2.28. The Balaban J connectivity index is 1.65. The number of aromatic nitrogens is 2. The number of sulfonamides is 1. The molecule has 0 bridgehead atoms. The maximum atomic E-state index is 12.7. The topological polar surface area (TPSA) is 104 Å². The number of fused-ring (bicyclic) bond motifs is 3. The van der Waals surface area contributed by atoms with E-state index < -0.39 is 10.0 Å². The Bertz CT molecular complexity index is 1300. The predicted molar refractivity (Wildman–Crippen MR) is 112 cm³/mol. The van der Waals surface area contributed by atoms with Crippen LogP contribution in [0.1, 0.15) is 16.1 Å². The van der Waals surface area contributed by atoms with Gasteiger partial charge in [0, 0.05) is 36.1 Å². The molecule has 3 N–H and O–H groups in total. The van der Waals surface area contributed by atoms with E-state index in [-0.39, 0.29) is 16.5 Å². The van der Waals surface area contributed by atoms with E-state index in [0.717, 1.165) is 21.9 Å². The van der Waals surface area contributed by atoms with Crippen molar-refractivity contribution in [1.29, 1.82) is 0 Å². The van der Waals surface area contributed by atoms with Crippen molar-refractivity contribution in [3.63, 3.8) is 0 Å². The molecule has 2 heterocycles. The minimum Gasteiger partial charge on any atom is -0.354 e. The van der Waals surface area contributed by atoms with Gasteiger partial charge in [0.05, 0.1) is 10.4 Å². The molecule has 0 saturated carbocycles. The van der Waals surface area contributed by atoms with E-state index in [2.05, 4.69) is 20.0 Å². The zero-order valence-electron chi connectivity index (χ0n) is 15.8. The normalized spacial score (nSPS) is 11.8. The van der Waals surface area contributed by atoms with Crippen LogP contribution in [-0.2, 0) is 16.4 Å². The fraction of sp³-hybridized carbons (Fsp3) is 0.143. The molecule has 7 nitrogen and oxygen atoms in total. The smallest absolute Gasteiger partial charge is 0.271 e. The molecule has 0 atom stereocenters. The molecule has 0 saturated heterocycles. The standard InChI is InChI=1S/C21H20N4O3S/c1-22-21(26)20-19-16(10-11-23-20)17-13-15(7-8-18(17)25-19)29(27,28)24-12-9-14-5-3-2-4-6-14/h2-8,10-11,13,24-25H,9,12H2,1H3,(H,22,26). The number of benzene rings is 2. The van der Waals surface area contributed by atoms with Gasteiger partial charge in [0.1, 0.15) is 0 Å². The van der Waals surface area contributed by atoms with Crippen LogP contribution >= 0.6 is 0 Å². The highest BCUT2D eigenvalue weighted by Gasteiger charge is 2.18. The zero-order chi connectivity index (χ0) is 20.4. The lowest BCUT2D eigenvalue weighted by Crippen LogP contribution is -2.25. The van der Waals surface area contributed by atoms with Crippen molar-refractivity contribution in [2.75, 3.05) is 13.6 Å². The van der Waals surface area contributed by atoms with Gasteiger partial charge in [0.25, 0.3) is 5.91 Å². The van der Waals surface area contributed by atoms with E-state index in [1.165, 1.54) is 7.05 Å². The fourth-order valence-electron chi connectivity index (χ4n) is 3.32. The van der Waals surface area contributed by atoms with Gasteiger partial charge in [-0.3, -0.25) is 4.79 Å². The van der Waals surface area contributed by atoms with Crippen molar-refractivity contribution in [3.8, 4) is 0 Å². The molecule has 29 heavy (non-hydrogen) atoms. The first-order valence-electron chi connectivity index (χ1n) is 9.16. The van der Waals surface area contributed by atoms with Gasteiger partial charge in [-0.1, -0.05) is 30.3 Å². The van der Waals surface area contributed by atoms with Crippen molar-refractivity contribution < 1.29 is 13.2 Å². The molecule has 8 heteroatoms. The van der Waals surface area contributed by atoms with Crippen LogP contribution in [-0.4, -0.2) is 37.9 Å². The lowest BCUT2D eigenvalue weighted by atomic mass is 10.1. The number of carbonyl (C=O) groups is 1. The highest BCUT2D eigenvalue weighted by atomic mass is 32.2. The molecule has 4 rings (SSSR count). The molecule has 2 aromatic carbocycles. The van der Waals surface area contributed by atoms with E-state index in [9.17, 15) is 13.2 Å². The molecule has 0 spiro atoms. The molecule has 4 aromatic rings. The number of amides is 1. The van der Waals surface area contributed by atoms with Crippen LogP contribution < -0.4 is 10.0 Å². The second kappa shape index (κ2) is 7.65. The van der Waals surface area contributed by atoms with E-state index in [0.29, 0.717) is 18.5 Å². The molecule has 0 aliphatic rings. The van der Waals surface area contributed by atoms with Crippen LogP contribution in [0, 0.1) is 0 Å². The Morgan fingerprint density at radius 1 is 1.07 bits per heavy atom. The maximum Gasteiger partial charge on any atom is 0.271 e. The summed E-state index contributed by atoms with van der Waals surface area (Å²) in [5, 5.41) is 4.03. The van der Waals surface area contributed by atoms with E-state index >= 15 is 0 Å². The molecule has 2 aromatic heterocycles. The van der Waals surface area contributed by atoms with Gasteiger partial charge in [0.15, 0.2) is 5.69 Å². The SMILES string of the molecule is CNC(=O)c1nccc2c1[nH]c1ccc(S(=O)(=O)NCCc3ccccc3)cc12. The third kappa shape index (κ3) is 3.72. The summed E-state index contributed by atoms with van der Waals surface area (Å²) >= 11 is 0. The predicted octanol–water partition coefficient (Wildman–Crippen LogP) is 2.60. The molecule has 0 aliphatic heterocycles. The monoisotopic (exact) mass is 408 g/mol. The third-order valence-electron chi connectivity index (χ3n) is 4.79. The number of nitrogens with one attached hydrogen (secondary N) is 3. The van der Waals surface area contributed by atoms with Crippen LogP contribution in [0.4, 0.5) is 0 Å². The van der Waals surface area contributed by atoms with Crippen LogP contribution in [0.5, 0.6) is 0 Å². The summed E-state index contributed by atoms with van der Waals surface area (Å²) in [6.07, 6.45) is 2.15. The number of rotatable bonds is 6. The minimum atomic E-state index is -3.66. The molecule has 148 valence electrons. The molecule has 0 aliphatic carbocycles. The Hall–Kier alpha value is -3.23. The largest absolute Gasteiger partial charge is 0.354 e. The number of hydrogen-bond donors (Lipinski definition) is 3. The number of H-pyrrole nitrogens is 1. The van der Waals surface area contributed by atoms with Crippen molar-refractivity contribution in [1.82, 2.24) is 20.0 Å². The molecule has 0 radical (unpaired) electrons. The summed E-state index contributed by atoms with van der Waals surface area (Å²) in [7, 11) is -2.12. The summed E-state index contributed by atoms with van der Waals surface area (Å²) in [5.41, 5.74) is 2.65. The van der Waals surface area contributed by atoms with Gasteiger partial charge in [-0.05, 0) is 36.2 Å². The lowest BCUT2D eigenvalue weighted by Gasteiger charge is -2.07. The summed E-state index contributed by atoms with van der Waals surface area (Å²) in [6.45, 7) is 0.309. The lowest BCUT2D eigenvalue weighted by molar-refractivity contribution is 0.0960. The number of pyridine rings is 1. The van der Waals surface area contributed by atoms with E-state index in [1.807, 2.05) is 30.3 Å². The average molecular weight is 408 g/mol. The van der Waals surface area contributed by atoms with Crippen molar-refractivity contribution in [3.05, 3.63) is 72.1 Å². The number of aromatic amines is 1. The van der Waals surface area contributed by atoms with Gasteiger partial charge in [-0.25, -0.2) is 18.1 Å². The zero-order valence-corrected chi connectivity index (χ0v) is 16.6. The maximum absolute atomic E-state index is 12.7. The van der Waals surface area contributed by atoms with E-state index in [1.54, 1.807) is 30.5 Å². The fourth-order valence-corrected chi connectivity index (χ4v) is 4.38. The van der Waals surface area contributed by atoms with Crippen molar-refractivity contribution in [2.45, 2.75) is 11.3 Å². The first-order chi connectivity index (χ1) is 14.0. The number of carbonyl (C=O) groups excluding carboxylic acids is 1. The van der Waals surface area contributed by atoms with Gasteiger partial charge in [-0.15, -0.1) is 0 Å². The molecule has 0 unspecified atom stereocenters. The van der Waals surface area contributed by atoms with Gasteiger partial charge < -0.3 is 10.3 Å². The molecule has 1 amide bonds. The van der Waals surface area contributed by atoms with E-state index in [4.69, 9.17) is 0 Å². The van der Waals surface area contributed by atoms with Gasteiger partial charge in [0.2, 0.25) is 10.0 Å². The highest BCUT2D eigenvalue weighted by molar-refractivity contribution is 7.89. The number of nitrogens with zero attached hydrogens (tertiary/aromatic N) is 1. The van der Waals surface area contributed by atoms with Crippen molar-refractivity contribution >= 4 is 37.7 Å². The number of hydrogen-bond acceptors (Lipinski definition) is 4. The summed E-state index contributed by atoms with van der Waals surface area (Å²) < 4.78 is 28.1. The quantitative estimate of drug-likeness (QED) is 0.456. The van der Waals surface area contributed by atoms with Crippen LogP contribution in [0.3, 0.4) is 0 Å².